The maximum absolute atomic E-state index is 12.4. The van der Waals surface area contributed by atoms with Gasteiger partial charge in [0.15, 0.2) is 5.13 Å². The maximum atomic E-state index is 12.4. The van der Waals surface area contributed by atoms with E-state index in [1.165, 1.54) is 5.56 Å². The fourth-order valence-electron chi connectivity index (χ4n) is 2.77. The summed E-state index contributed by atoms with van der Waals surface area (Å²) in [4.78, 5) is 22.5. The molecule has 0 aromatic carbocycles. The Kier molecular flexibility index (Phi) is 4.64. The predicted molar refractivity (Wildman–Crippen MR) is 102 cm³/mol. The van der Waals surface area contributed by atoms with Crippen LogP contribution in [0.15, 0.2) is 39.7 Å². The molecule has 3 aromatic rings. The van der Waals surface area contributed by atoms with E-state index in [4.69, 9.17) is 4.98 Å². The van der Waals surface area contributed by atoms with Crippen LogP contribution in [0, 0.1) is 0 Å². The van der Waals surface area contributed by atoms with Gasteiger partial charge in [-0.05, 0) is 22.9 Å². The SMILES string of the molecule is O=C(Cc1cccs1)N1CCN(c2nc(-c3ccsc3)cs2)CC1. The standard InChI is InChI=1S/C17H17N3OS3/c21-16(10-14-2-1-8-23-14)19-4-6-20(7-5-19)17-18-15(12-24-17)13-3-9-22-11-13/h1-3,8-9,11-12H,4-7,10H2. The van der Waals surface area contributed by atoms with E-state index in [0.29, 0.717) is 6.42 Å². The molecule has 1 aliphatic rings. The van der Waals surface area contributed by atoms with E-state index in [-0.39, 0.29) is 5.91 Å². The van der Waals surface area contributed by atoms with Crippen molar-refractivity contribution in [3.8, 4) is 11.3 Å². The second-order valence-electron chi connectivity index (χ2n) is 5.65. The number of nitrogens with zero attached hydrogens (tertiary/aromatic N) is 3. The van der Waals surface area contributed by atoms with Gasteiger partial charge in [-0.2, -0.15) is 11.3 Å². The largest absolute Gasteiger partial charge is 0.345 e. The van der Waals surface area contributed by atoms with E-state index in [0.717, 1.165) is 41.9 Å². The van der Waals surface area contributed by atoms with Crippen molar-refractivity contribution in [3.05, 3.63) is 44.6 Å². The highest BCUT2D eigenvalue weighted by Crippen LogP contribution is 2.29. The van der Waals surface area contributed by atoms with Crippen LogP contribution in [0.1, 0.15) is 4.88 Å². The van der Waals surface area contributed by atoms with Crippen molar-refractivity contribution >= 4 is 45.0 Å². The fourth-order valence-corrected chi connectivity index (χ4v) is 5.01. The van der Waals surface area contributed by atoms with E-state index in [9.17, 15) is 4.79 Å². The molecule has 0 bridgehead atoms. The number of anilines is 1. The molecule has 24 heavy (non-hydrogen) atoms. The van der Waals surface area contributed by atoms with Gasteiger partial charge in [-0.1, -0.05) is 6.07 Å². The number of aromatic nitrogens is 1. The summed E-state index contributed by atoms with van der Waals surface area (Å²) in [5, 5.41) is 9.40. The molecule has 0 saturated carbocycles. The van der Waals surface area contributed by atoms with Crippen molar-refractivity contribution in [3.63, 3.8) is 0 Å². The molecule has 1 aliphatic heterocycles. The van der Waals surface area contributed by atoms with E-state index in [1.54, 1.807) is 34.0 Å². The van der Waals surface area contributed by atoms with Crippen LogP contribution in [-0.2, 0) is 11.2 Å². The van der Waals surface area contributed by atoms with E-state index < -0.39 is 0 Å². The number of piperazine rings is 1. The molecule has 1 saturated heterocycles. The van der Waals surface area contributed by atoms with Crippen LogP contribution in [0.25, 0.3) is 11.3 Å². The lowest BCUT2D eigenvalue weighted by Crippen LogP contribution is -2.49. The number of carbonyl (C=O) groups is 1. The van der Waals surface area contributed by atoms with Crippen molar-refractivity contribution in [1.82, 2.24) is 9.88 Å². The number of rotatable bonds is 4. The molecule has 4 nitrogen and oxygen atoms in total. The van der Waals surface area contributed by atoms with E-state index in [1.807, 2.05) is 22.4 Å². The molecule has 4 heterocycles. The van der Waals surface area contributed by atoms with Gasteiger partial charge in [0.25, 0.3) is 0 Å². The van der Waals surface area contributed by atoms with Gasteiger partial charge >= 0.3 is 0 Å². The second kappa shape index (κ2) is 7.04. The van der Waals surface area contributed by atoms with Gasteiger partial charge < -0.3 is 9.80 Å². The Balaban J connectivity index is 1.35. The lowest BCUT2D eigenvalue weighted by Gasteiger charge is -2.34. The Labute approximate surface area is 153 Å². The summed E-state index contributed by atoms with van der Waals surface area (Å²) in [5.41, 5.74) is 2.24. The highest BCUT2D eigenvalue weighted by molar-refractivity contribution is 7.14. The third kappa shape index (κ3) is 3.38. The maximum Gasteiger partial charge on any atom is 0.227 e. The number of carbonyl (C=O) groups excluding carboxylic acids is 1. The van der Waals surface area contributed by atoms with E-state index in [2.05, 4.69) is 27.1 Å². The lowest BCUT2D eigenvalue weighted by molar-refractivity contribution is -0.130. The molecule has 7 heteroatoms. The molecule has 0 spiro atoms. The minimum Gasteiger partial charge on any atom is -0.345 e. The van der Waals surface area contributed by atoms with Crippen LogP contribution in [0.2, 0.25) is 0 Å². The Hall–Kier alpha value is -1.70. The first-order valence-electron chi connectivity index (χ1n) is 7.83. The monoisotopic (exact) mass is 375 g/mol. The summed E-state index contributed by atoms with van der Waals surface area (Å²) in [7, 11) is 0. The van der Waals surface area contributed by atoms with Crippen molar-refractivity contribution in [2.75, 3.05) is 31.1 Å². The number of hydrogen-bond donors (Lipinski definition) is 0. The normalized spacial score (nSPS) is 15.0. The van der Waals surface area contributed by atoms with Crippen molar-refractivity contribution in [1.29, 1.82) is 0 Å². The topological polar surface area (TPSA) is 36.4 Å². The van der Waals surface area contributed by atoms with E-state index >= 15 is 0 Å². The number of amides is 1. The first-order chi connectivity index (χ1) is 11.8. The average molecular weight is 376 g/mol. The smallest absolute Gasteiger partial charge is 0.227 e. The molecule has 4 rings (SSSR count). The molecule has 124 valence electrons. The summed E-state index contributed by atoms with van der Waals surface area (Å²) in [6, 6.07) is 6.13. The van der Waals surface area contributed by atoms with Gasteiger partial charge in [-0.15, -0.1) is 22.7 Å². The van der Waals surface area contributed by atoms with Gasteiger partial charge in [-0.25, -0.2) is 4.98 Å². The first-order valence-corrected chi connectivity index (χ1v) is 10.5. The Morgan fingerprint density at radius 3 is 2.67 bits per heavy atom. The zero-order valence-electron chi connectivity index (χ0n) is 13.1. The van der Waals surface area contributed by atoms with Gasteiger partial charge in [0.2, 0.25) is 5.91 Å². The number of thiazole rings is 1. The third-order valence-corrected chi connectivity index (χ3v) is 6.58. The second-order valence-corrected chi connectivity index (χ2v) is 8.30. The summed E-state index contributed by atoms with van der Waals surface area (Å²) < 4.78 is 0. The molecule has 0 unspecified atom stereocenters. The van der Waals surface area contributed by atoms with Crippen LogP contribution in [0.4, 0.5) is 5.13 Å². The minimum atomic E-state index is 0.232. The van der Waals surface area contributed by atoms with Crippen molar-refractivity contribution < 1.29 is 4.79 Å². The van der Waals surface area contributed by atoms with Crippen molar-refractivity contribution in [2.45, 2.75) is 6.42 Å². The number of thiophene rings is 2. The van der Waals surface area contributed by atoms with Gasteiger partial charge in [0, 0.05) is 47.4 Å². The van der Waals surface area contributed by atoms with Gasteiger partial charge in [0.1, 0.15) is 0 Å². The fraction of sp³-hybridized carbons (Fsp3) is 0.294. The van der Waals surface area contributed by atoms with Crippen LogP contribution >= 0.6 is 34.0 Å². The first kappa shape index (κ1) is 15.8. The molecular weight excluding hydrogens is 358 g/mol. The van der Waals surface area contributed by atoms with Crippen LogP contribution in [0.5, 0.6) is 0 Å². The summed E-state index contributed by atoms with van der Waals surface area (Å²) in [5.74, 6) is 0.232. The van der Waals surface area contributed by atoms with Gasteiger partial charge in [-0.3, -0.25) is 4.79 Å². The van der Waals surface area contributed by atoms with Crippen molar-refractivity contribution in [2.24, 2.45) is 0 Å². The molecule has 1 amide bonds. The van der Waals surface area contributed by atoms with Gasteiger partial charge in [0.05, 0.1) is 12.1 Å². The lowest BCUT2D eigenvalue weighted by atomic mass is 10.2. The molecule has 0 N–H and O–H groups in total. The number of hydrogen-bond acceptors (Lipinski definition) is 6. The third-order valence-electron chi connectivity index (χ3n) is 4.12. The Bertz CT molecular complexity index is 787. The molecule has 0 atom stereocenters. The molecule has 0 radical (unpaired) electrons. The molecule has 1 fully saturated rings. The van der Waals surface area contributed by atoms with Crippen LogP contribution in [-0.4, -0.2) is 42.0 Å². The zero-order chi connectivity index (χ0) is 16.4. The summed E-state index contributed by atoms with van der Waals surface area (Å²) in [6.45, 7) is 3.26. The molecule has 0 aliphatic carbocycles. The molecular formula is C17H17N3OS3. The van der Waals surface area contributed by atoms with Crippen LogP contribution in [0.3, 0.4) is 0 Å². The van der Waals surface area contributed by atoms with Crippen LogP contribution < -0.4 is 4.90 Å². The summed E-state index contributed by atoms with van der Waals surface area (Å²) >= 11 is 5.03. The predicted octanol–water partition coefficient (Wildman–Crippen LogP) is 3.82. The highest BCUT2D eigenvalue weighted by atomic mass is 32.1. The Morgan fingerprint density at radius 1 is 1.08 bits per heavy atom. The quantitative estimate of drug-likeness (QED) is 0.695. The molecule has 3 aromatic heterocycles. The Morgan fingerprint density at radius 2 is 1.96 bits per heavy atom. The summed E-state index contributed by atoms with van der Waals surface area (Å²) in [6.07, 6.45) is 0.525. The highest BCUT2D eigenvalue weighted by Gasteiger charge is 2.23. The average Bonchev–Trinajstić information content (AvgIpc) is 3.36. The minimum absolute atomic E-state index is 0.232. The zero-order valence-corrected chi connectivity index (χ0v) is 15.5.